The topological polar surface area (TPSA) is 79.5 Å². The Morgan fingerprint density at radius 3 is 2.48 bits per heavy atom. The molecule has 3 aromatic rings. The fraction of sp³-hybridized carbons (Fsp3) is 0.238. The van der Waals surface area contributed by atoms with Gasteiger partial charge >= 0.3 is 0 Å². The fourth-order valence-electron chi connectivity index (χ4n) is 2.46. The van der Waals surface area contributed by atoms with E-state index in [-0.39, 0.29) is 6.10 Å². The normalized spacial score (nSPS) is 11.7. The van der Waals surface area contributed by atoms with Gasteiger partial charge in [-0.05, 0) is 18.6 Å². The summed E-state index contributed by atoms with van der Waals surface area (Å²) in [6.07, 6.45) is 2.79. The minimum absolute atomic E-state index is 0.166. The summed E-state index contributed by atoms with van der Waals surface area (Å²) in [5, 5.41) is 0. The second-order valence-corrected chi connectivity index (χ2v) is 6.11. The third-order valence-electron chi connectivity index (χ3n) is 3.79. The van der Waals surface area contributed by atoms with Crippen LogP contribution in [0.1, 0.15) is 18.1 Å². The Labute approximate surface area is 158 Å². The van der Waals surface area contributed by atoms with Crippen LogP contribution in [0.25, 0.3) is 0 Å². The van der Waals surface area contributed by atoms with E-state index in [2.05, 4.69) is 9.97 Å². The smallest absolute Gasteiger partial charge is 0.232 e. The van der Waals surface area contributed by atoms with E-state index in [9.17, 15) is 0 Å². The molecular formula is C21H23N3O3. The number of ether oxygens (including phenoxy) is 3. The van der Waals surface area contributed by atoms with Gasteiger partial charge in [0.25, 0.3) is 0 Å². The standard InChI is InChI=1S/C21H23N3O3/c1-16(27-21-12-23-20(22)11-24-21)13-25-15-18-9-5-6-10-19(18)26-14-17-7-3-2-4-8-17/h2-12,16H,13-15H2,1H3,(H2,22,23). The number of hydrogen-bond donors (Lipinski definition) is 1. The van der Waals surface area contributed by atoms with Crippen molar-refractivity contribution in [2.24, 2.45) is 0 Å². The number of hydrogen-bond acceptors (Lipinski definition) is 6. The molecule has 0 amide bonds. The molecule has 0 bridgehead atoms. The molecule has 6 heteroatoms. The predicted molar refractivity (Wildman–Crippen MR) is 103 cm³/mol. The van der Waals surface area contributed by atoms with Crippen molar-refractivity contribution in [1.29, 1.82) is 0 Å². The highest BCUT2D eigenvalue weighted by Crippen LogP contribution is 2.20. The summed E-state index contributed by atoms with van der Waals surface area (Å²) in [5.74, 6) is 1.60. The van der Waals surface area contributed by atoms with Crippen LogP contribution in [0.5, 0.6) is 11.6 Å². The monoisotopic (exact) mass is 365 g/mol. The van der Waals surface area contributed by atoms with Gasteiger partial charge in [-0.25, -0.2) is 9.97 Å². The summed E-state index contributed by atoms with van der Waals surface area (Å²) in [6.45, 7) is 3.29. The van der Waals surface area contributed by atoms with Gasteiger partial charge in [0.05, 0.1) is 25.6 Å². The van der Waals surface area contributed by atoms with Gasteiger partial charge in [0.2, 0.25) is 5.88 Å². The number of nitrogens with two attached hydrogens (primary N) is 1. The van der Waals surface area contributed by atoms with Gasteiger partial charge in [0, 0.05) is 5.56 Å². The lowest BCUT2D eigenvalue weighted by Gasteiger charge is -2.15. The van der Waals surface area contributed by atoms with E-state index in [4.69, 9.17) is 19.9 Å². The van der Waals surface area contributed by atoms with Crippen molar-refractivity contribution in [1.82, 2.24) is 9.97 Å². The molecule has 140 valence electrons. The first-order chi connectivity index (χ1) is 13.2. The summed E-state index contributed by atoms with van der Waals surface area (Å²) in [6, 6.07) is 17.9. The molecule has 0 saturated carbocycles. The molecule has 2 aromatic carbocycles. The predicted octanol–water partition coefficient (Wildman–Crippen LogP) is 3.62. The number of rotatable bonds is 9. The minimum atomic E-state index is -0.166. The zero-order valence-corrected chi connectivity index (χ0v) is 15.2. The Kier molecular flexibility index (Phi) is 6.60. The van der Waals surface area contributed by atoms with Crippen LogP contribution in [0.4, 0.5) is 5.82 Å². The molecule has 0 fully saturated rings. The highest BCUT2D eigenvalue weighted by atomic mass is 16.5. The zero-order valence-electron chi connectivity index (χ0n) is 15.2. The molecule has 2 N–H and O–H groups in total. The number of para-hydroxylation sites is 1. The molecule has 0 aliphatic heterocycles. The molecule has 0 saturated heterocycles. The molecule has 0 spiro atoms. The van der Waals surface area contributed by atoms with Gasteiger partial charge in [-0.3, -0.25) is 0 Å². The molecular weight excluding hydrogens is 342 g/mol. The number of anilines is 1. The summed E-state index contributed by atoms with van der Waals surface area (Å²) >= 11 is 0. The van der Waals surface area contributed by atoms with Crippen LogP contribution < -0.4 is 15.2 Å². The number of aromatic nitrogens is 2. The Balaban J connectivity index is 1.48. The van der Waals surface area contributed by atoms with E-state index in [0.29, 0.717) is 31.5 Å². The number of benzene rings is 2. The van der Waals surface area contributed by atoms with Crippen LogP contribution in [-0.2, 0) is 18.0 Å². The van der Waals surface area contributed by atoms with Crippen LogP contribution in [0.15, 0.2) is 67.0 Å². The van der Waals surface area contributed by atoms with E-state index < -0.39 is 0 Å². The third-order valence-corrected chi connectivity index (χ3v) is 3.79. The highest BCUT2D eigenvalue weighted by molar-refractivity contribution is 5.33. The third kappa shape index (κ3) is 5.97. The molecule has 1 unspecified atom stereocenters. The van der Waals surface area contributed by atoms with Gasteiger partial charge in [-0.15, -0.1) is 0 Å². The molecule has 0 radical (unpaired) electrons. The Morgan fingerprint density at radius 1 is 0.926 bits per heavy atom. The Morgan fingerprint density at radius 2 is 1.70 bits per heavy atom. The lowest BCUT2D eigenvalue weighted by atomic mass is 10.2. The molecule has 1 aromatic heterocycles. The van der Waals surface area contributed by atoms with Crippen LogP contribution in [0.2, 0.25) is 0 Å². The molecule has 6 nitrogen and oxygen atoms in total. The van der Waals surface area contributed by atoms with Crippen molar-refractivity contribution in [3.8, 4) is 11.6 Å². The van der Waals surface area contributed by atoms with Crippen LogP contribution >= 0.6 is 0 Å². The lowest BCUT2D eigenvalue weighted by Crippen LogP contribution is -2.19. The fourth-order valence-corrected chi connectivity index (χ4v) is 2.46. The average Bonchev–Trinajstić information content (AvgIpc) is 2.70. The maximum atomic E-state index is 5.95. The Hall–Kier alpha value is -3.12. The average molecular weight is 365 g/mol. The van der Waals surface area contributed by atoms with Crippen LogP contribution in [-0.4, -0.2) is 22.7 Å². The highest BCUT2D eigenvalue weighted by Gasteiger charge is 2.08. The van der Waals surface area contributed by atoms with Crippen LogP contribution in [0.3, 0.4) is 0 Å². The SMILES string of the molecule is CC(COCc1ccccc1OCc1ccccc1)Oc1cnc(N)cn1. The maximum Gasteiger partial charge on any atom is 0.232 e. The van der Waals surface area contributed by atoms with Crippen molar-refractivity contribution in [3.05, 3.63) is 78.1 Å². The lowest BCUT2D eigenvalue weighted by molar-refractivity contribution is 0.0460. The maximum absolute atomic E-state index is 5.95. The van der Waals surface area contributed by atoms with E-state index in [0.717, 1.165) is 16.9 Å². The first kappa shape index (κ1) is 18.7. The number of nitrogen functional groups attached to an aromatic ring is 1. The van der Waals surface area contributed by atoms with Gasteiger partial charge in [-0.2, -0.15) is 0 Å². The van der Waals surface area contributed by atoms with Gasteiger partial charge in [0.1, 0.15) is 24.3 Å². The van der Waals surface area contributed by atoms with E-state index in [1.807, 2.05) is 61.5 Å². The van der Waals surface area contributed by atoms with E-state index in [1.54, 1.807) is 0 Å². The Bertz CT molecular complexity index is 826. The molecule has 3 rings (SSSR count). The number of nitrogens with zero attached hydrogens (tertiary/aromatic N) is 2. The van der Waals surface area contributed by atoms with Crippen molar-refractivity contribution < 1.29 is 14.2 Å². The second kappa shape index (κ2) is 9.54. The molecule has 0 aliphatic rings. The first-order valence-electron chi connectivity index (χ1n) is 8.77. The largest absolute Gasteiger partial charge is 0.489 e. The second-order valence-electron chi connectivity index (χ2n) is 6.11. The molecule has 27 heavy (non-hydrogen) atoms. The van der Waals surface area contributed by atoms with Gasteiger partial charge in [0.15, 0.2) is 0 Å². The van der Waals surface area contributed by atoms with E-state index >= 15 is 0 Å². The van der Waals surface area contributed by atoms with Crippen molar-refractivity contribution >= 4 is 5.82 Å². The minimum Gasteiger partial charge on any atom is -0.489 e. The summed E-state index contributed by atoms with van der Waals surface area (Å²) in [4.78, 5) is 8.02. The quantitative estimate of drug-likeness (QED) is 0.624. The van der Waals surface area contributed by atoms with Crippen molar-refractivity contribution in [2.45, 2.75) is 26.2 Å². The molecule has 0 aliphatic carbocycles. The summed E-state index contributed by atoms with van der Waals surface area (Å²) in [7, 11) is 0. The van der Waals surface area contributed by atoms with Gasteiger partial charge in [-0.1, -0.05) is 48.5 Å². The van der Waals surface area contributed by atoms with Gasteiger partial charge < -0.3 is 19.9 Å². The van der Waals surface area contributed by atoms with Crippen molar-refractivity contribution in [2.75, 3.05) is 12.3 Å². The van der Waals surface area contributed by atoms with Crippen LogP contribution in [0, 0.1) is 0 Å². The molecule has 1 atom stereocenters. The van der Waals surface area contributed by atoms with E-state index in [1.165, 1.54) is 12.4 Å². The summed E-state index contributed by atoms with van der Waals surface area (Å²) in [5.41, 5.74) is 7.63. The molecule has 1 heterocycles. The zero-order chi connectivity index (χ0) is 18.9. The van der Waals surface area contributed by atoms with Crippen molar-refractivity contribution in [3.63, 3.8) is 0 Å². The first-order valence-corrected chi connectivity index (χ1v) is 8.77. The summed E-state index contributed by atoms with van der Waals surface area (Å²) < 4.78 is 17.4.